The van der Waals surface area contributed by atoms with Crippen molar-refractivity contribution in [3.05, 3.63) is 41.7 Å². The van der Waals surface area contributed by atoms with Gasteiger partial charge in [0.25, 0.3) is 0 Å². The Labute approximate surface area is 111 Å². The minimum Gasteiger partial charge on any atom is -0.465 e. The number of nitrogens with zero attached hydrogens (tertiary/aromatic N) is 1. The molecule has 0 unspecified atom stereocenters. The number of fused-ring (bicyclic) bond motifs is 3. The summed E-state index contributed by atoms with van der Waals surface area (Å²) < 4.78 is 4.89. The van der Waals surface area contributed by atoms with Crippen molar-refractivity contribution in [2.45, 2.75) is 6.42 Å². The molecule has 0 saturated carbocycles. The average Bonchev–Trinajstić information content (AvgIpc) is 2.71. The smallest absolute Gasteiger partial charge is 0.341 e. The van der Waals surface area contributed by atoms with Crippen molar-refractivity contribution in [2.24, 2.45) is 0 Å². The molecule has 1 aliphatic rings. The lowest BCUT2D eigenvalue weighted by molar-refractivity contribution is -0.133. The first-order valence-electron chi connectivity index (χ1n) is 6.31. The van der Waals surface area contributed by atoms with Gasteiger partial charge in [0.1, 0.15) is 0 Å². The summed E-state index contributed by atoms with van der Waals surface area (Å²) in [5, 5.41) is 1.18. The number of hydrogen-bond acceptors (Lipinski definition) is 3. The molecule has 2 aromatic rings. The molecule has 19 heavy (non-hydrogen) atoms. The number of methoxy groups -OCH3 is 1. The number of H-pyrrole nitrogens is 1. The molecule has 0 amide bonds. The molecule has 1 N–H and O–H groups in total. The third-order valence-electron chi connectivity index (χ3n) is 3.55. The summed E-state index contributed by atoms with van der Waals surface area (Å²) in [6.07, 6.45) is 2.76. The van der Waals surface area contributed by atoms with Gasteiger partial charge in [-0.3, -0.25) is 0 Å². The zero-order chi connectivity index (χ0) is 13.4. The molecule has 2 heterocycles. The van der Waals surface area contributed by atoms with Crippen molar-refractivity contribution in [3.8, 4) is 0 Å². The molecule has 1 aromatic heterocycles. The molecule has 0 saturated heterocycles. The summed E-state index contributed by atoms with van der Waals surface area (Å²) >= 11 is 0. The molecule has 0 atom stereocenters. The molecule has 0 fully saturated rings. The molecule has 1 aromatic carbocycles. The fraction of sp³-hybridized carbons (Fsp3) is 0.267. The molecule has 0 bridgehead atoms. The molecule has 0 spiro atoms. The summed E-state index contributed by atoms with van der Waals surface area (Å²) in [7, 11) is 3.38. The number of likely N-dealkylation sites (N-methyl/N-ethyl adjacent to an activating group) is 1. The van der Waals surface area contributed by atoms with Gasteiger partial charge in [-0.2, -0.15) is 0 Å². The van der Waals surface area contributed by atoms with Crippen LogP contribution in [0.1, 0.15) is 11.3 Å². The molecule has 4 heteroatoms. The van der Waals surface area contributed by atoms with Gasteiger partial charge < -0.3 is 14.6 Å². The Bertz CT molecular complexity index is 670. The quantitative estimate of drug-likeness (QED) is 0.795. The van der Waals surface area contributed by atoms with Crippen molar-refractivity contribution in [3.63, 3.8) is 0 Å². The van der Waals surface area contributed by atoms with Gasteiger partial charge >= 0.3 is 5.97 Å². The van der Waals surface area contributed by atoms with Crippen molar-refractivity contribution in [2.75, 3.05) is 20.7 Å². The lowest BCUT2D eigenvalue weighted by Crippen LogP contribution is -2.14. The number of hydrogen-bond donors (Lipinski definition) is 1. The van der Waals surface area contributed by atoms with Gasteiger partial charge in [0.05, 0.1) is 18.4 Å². The maximum absolute atomic E-state index is 12.0. The highest BCUT2D eigenvalue weighted by atomic mass is 16.5. The van der Waals surface area contributed by atoms with E-state index in [-0.39, 0.29) is 5.97 Å². The number of benzene rings is 1. The van der Waals surface area contributed by atoms with Crippen LogP contribution in [-0.2, 0) is 16.0 Å². The summed E-state index contributed by atoms with van der Waals surface area (Å²) in [6, 6.07) is 8.13. The molecule has 0 radical (unpaired) electrons. The van der Waals surface area contributed by atoms with Crippen LogP contribution in [0.15, 0.2) is 30.5 Å². The van der Waals surface area contributed by atoms with Crippen molar-refractivity contribution in [1.29, 1.82) is 0 Å². The third kappa shape index (κ3) is 1.89. The molecule has 0 aliphatic carbocycles. The van der Waals surface area contributed by atoms with Crippen LogP contribution in [0.25, 0.3) is 16.5 Å². The lowest BCUT2D eigenvalue weighted by atomic mass is 10.0. The summed E-state index contributed by atoms with van der Waals surface area (Å²) in [6.45, 7) is 0.884. The Hall–Kier alpha value is -2.23. The standard InChI is InChI=1S/C15H16N2O2/c1-17-8-7-11-10-5-3-4-6-13(10)16-14(11)12(9-17)15(18)19-2/h3-6,9,16H,7-8H2,1-2H3. The first kappa shape index (κ1) is 11.8. The molecule has 98 valence electrons. The number of aromatic amines is 1. The third-order valence-corrected chi connectivity index (χ3v) is 3.55. The van der Waals surface area contributed by atoms with Crippen LogP contribution < -0.4 is 0 Å². The number of nitrogens with one attached hydrogen (secondary N) is 1. The van der Waals surface area contributed by atoms with Gasteiger partial charge in [0.2, 0.25) is 0 Å². The maximum Gasteiger partial charge on any atom is 0.341 e. The number of para-hydroxylation sites is 1. The van der Waals surface area contributed by atoms with E-state index in [9.17, 15) is 4.79 Å². The predicted molar refractivity (Wildman–Crippen MR) is 74.6 cm³/mol. The van der Waals surface area contributed by atoms with Crippen molar-refractivity contribution >= 4 is 22.4 Å². The molecule has 3 rings (SSSR count). The van der Waals surface area contributed by atoms with E-state index in [1.54, 1.807) is 0 Å². The number of carbonyl (C=O) groups is 1. The second kappa shape index (κ2) is 4.46. The highest BCUT2D eigenvalue weighted by Gasteiger charge is 2.23. The van der Waals surface area contributed by atoms with Gasteiger partial charge in [0.15, 0.2) is 0 Å². The maximum atomic E-state index is 12.0. The Morgan fingerprint density at radius 1 is 1.37 bits per heavy atom. The highest BCUT2D eigenvalue weighted by Crippen LogP contribution is 2.30. The van der Waals surface area contributed by atoms with E-state index in [1.807, 2.05) is 36.3 Å². The Morgan fingerprint density at radius 3 is 2.95 bits per heavy atom. The van der Waals surface area contributed by atoms with Gasteiger partial charge in [-0.15, -0.1) is 0 Å². The van der Waals surface area contributed by atoms with Crippen LogP contribution in [0.3, 0.4) is 0 Å². The Morgan fingerprint density at radius 2 is 2.16 bits per heavy atom. The minimum atomic E-state index is -0.304. The summed E-state index contributed by atoms with van der Waals surface area (Å²) in [5.41, 5.74) is 3.73. The average molecular weight is 256 g/mol. The fourth-order valence-corrected chi connectivity index (χ4v) is 2.59. The molecular weight excluding hydrogens is 240 g/mol. The van der Waals surface area contributed by atoms with E-state index in [0.717, 1.165) is 24.2 Å². The first-order valence-corrected chi connectivity index (χ1v) is 6.31. The minimum absolute atomic E-state index is 0.304. The molecular formula is C15H16N2O2. The number of ether oxygens (including phenoxy) is 1. The summed E-state index contributed by atoms with van der Waals surface area (Å²) in [4.78, 5) is 17.3. The van der Waals surface area contributed by atoms with Gasteiger partial charge in [-0.25, -0.2) is 4.79 Å². The summed E-state index contributed by atoms with van der Waals surface area (Å²) in [5.74, 6) is -0.304. The van der Waals surface area contributed by atoms with Crippen LogP contribution >= 0.6 is 0 Å². The van der Waals surface area contributed by atoms with Gasteiger partial charge in [0, 0.05) is 30.7 Å². The monoisotopic (exact) mass is 256 g/mol. The number of carbonyl (C=O) groups excluding carboxylic acids is 1. The Kier molecular flexibility index (Phi) is 2.78. The van der Waals surface area contributed by atoms with Crippen LogP contribution in [0.2, 0.25) is 0 Å². The van der Waals surface area contributed by atoms with E-state index in [1.165, 1.54) is 18.1 Å². The fourth-order valence-electron chi connectivity index (χ4n) is 2.59. The van der Waals surface area contributed by atoms with Crippen LogP contribution in [0.5, 0.6) is 0 Å². The SMILES string of the molecule is COC(=O)C1=CN(C)CCc2c1[nH]c1ccccc21. The van der Waals surface area contributed by atoms with E-state index in [2.05, 4.69) is 11.1 Å². The largest absolute Gasteiger partial charge is 0.465 e. The molecule has 4 nitrogen and oxygen atoms in total. The zero-order valence-corrected chi connectivity index (χ0v) is 11.1. The first-order chi connectivity index (χ1) is 9.20. The topological polar surface area (TPSA) is 45.3 Å². The van der Waals surface area contributed by atoms with Gasteiger partial charge in [-0.05, 0) is 18.1 Å². The zero-order valence-electron chi connectivity index (χ0n) is 11.1. The van der Waals surface area contributed by atoms with Crippen LogP contribution in [-0.4, -0.2) is 36.6 Å². The normalized spacial score (nSPS) is 14.8. The molecule has 1 aliphatic heterocycles. The second-order valence-corrected chi connectivity index (χ2v) is 4.79. The lowest BCUT2D eigenvalue weighted by Gasteiger charge is -2.11. The van der Waals surface area contributed by atoms with E-state index >= 15 is 0 Å². The van der Waals surface area contributed by atoms with Gasteiger partial charge in [-0.1, -0.05) is 18.2 Å². The van der Waals surface area contributed by atoms with E-state index in [0.29, 0.717) is 5.57 Å². The van der Waals surface area contributed by atoms with Crippen LogP contribution in [0, 0.1) is 0 Å². The predicted octanol–water partition coefficient (Wildman–Crippen LogP) is 2.17. The van der Waals surface area contributed by atoms with Crippen molar-refractivity contribution in [1.82, 2.24) is 9.88 Å². The highest BCUT2D eigenvalue weighted by molar-refractivity contribution is 6.17. The number of rotatable bonds is 1. The van der Waals surface area contributed by atoms with E-state index < -0.39 is 0 Å². The second-order valence-electron chi connectivity index (χ2n) is 4.79. The van der Waals surface area contributed by atoms with Crippen molar-refractivity contribution < 1.29 is 9.53 Å². The Balaban J connectivity index is 2.24. The number of aromatic nitrogens is 1. The number of esters is 1. The van der Waals surface area contributed by atoms with Crippen LogP contribution in [0.4, 0.5) is 0 Å². The van der Waals surface area contributed by atoms with E-state index in [4.69, 9.17) is 4.74 Å².